The third-order valence-corrected chi connectivity index (χ3v) is 9.04. The fourth-order valence-corrected chi connectivity index (χ4v) is 7.02. The Kier molecular flexibility index (Phi) is 7.58. The van der Waals surface area contributed by atoms with Crippen LogP contribution < -0.4 is 0 Å². The largest absolute Gasteiger partial charge is 0.117 e. The van der Waals surface area contributed by atoms with Crippen LogP contribution in [0.5, 0.6) is 0 Å². The molecule has 0 nitrogen and oxygen atoms in total. The Bertz CT molecular complexity index is 1750. The molecule has 5 aromatic carbocycles. The molecule has 1 aliphatic heterocycles. The zero-order valence-electron chi connectivity index (χ0n) is 23.4. The number of benzene rings is 5. The minimum atomic E-state index is 0.486. The maximum Gasteiger partial charge on any atom is 0.0379 e. The monoisotopic (exact) mass is 534 g/mol. The second-order valence-corrected chi connectivity index (χ2v) is 11.8. The van der Waals surface area contributed by atoms with Gasteiger partial charge >= 0.3 is 0 Å². The van der Waals surface area contributed by atoms with Gasteiger partial charge in [0.05, 0.1) is 0 Å². The van der Waals surface area contributed by atoms with Crippen molar-refractivity contribution in [1.82, 2.24) is 0 Å². The molecule has 0 aliphatic carbocycles. The summed E-state index contributed by atoms with van der Waals surface area (Å²) in [6.07, 6.45) is 12.3. The molecule has 0 amide bonds. The van der Waals surface area contributed by atoms with Crippen molar-refractivity contribution in [2.24, 2.45) is 0 Å². The Morgan fingerprint density at radius 2 is 1.35 bits per heavy atom. The van der Waals surface area contributed by atoms with E-state index in [1.165, 1.54) is 65.4 Å². The molecule has 0 N–H and O–H groups in total. The Morgan fingerprint density at radius 3 is 2.00 bits per heavy atom. The summed E-state index contributed by atoms with van der Waals surface area (Å²) in [5.74, 6) is 0. The molecule has 5 aromatic rings. The molecule has 1 heteroatoms. The third kappa shape index (κ3) is 5.10. The van der Waals surface area contributed by atoms with Crippen molar-refractivity contribution in [2.45, 2.75) is 32.4 Å². The molecule has 1 atom stereocenters. The molecule has 0 radical (unpaired) electrons. The molecular formula is C39H34S. The topological polar surface area (TPSA) is 0 Å². The third-order valence-electron chi connectivity index (χ3n) is 7.63. The van der Waals surface area contributed by atoms with E-state index in [-0.39, 0.29) is 0 Å². The number of hydrogen-bond acceptors (Lipinski definition) is 1. The maximum atomic E-state index is 2.41. The average molecular weight is 535 g/mol. The molecule has 1 unspecified atom stereocenters. The zero-order valence-corrected chi connectivity index (χ0v) is 24.2. The molecule has 1 aliphatic rings. The lowest BCUT2D eigenvalue weighted by Crippen LogP contribution is -1.93. The van der Waals surface area contributed by atoms with Crippen molar-refractivity contribution in [3.63, 3.8) is 0 Å². The van der Waals surface area contributed by atoms with Gasteiger partial charge in [0, 0.05) is 10.2 Å². The van der Waals surface area contributed by atoms with Crippen molar-refractivity contribution in [3.05, 3.63) is 156 Å². The number of thioether (sulfide) groups is 1. The quantitative estimate of drug-likeness (QED) is 0.154. The van der Waals surface area contributed by atoms with Crippen LogP contribution in [0, 0.1) is 0 Å². The number of hydrogen-bond donors (Lipinski definition) is 0. The van der Waals surface area contributed by atoms with E-state index < -0.39 is 0 Å². The molecule has 0 fully saturated rings. The van der Waals surface area contributed by atoms with E-state index >= 15 is 0 Å². The van der Waals surface area contributed by atoms with Gasteiger partial charge in [-0.25, -0.2) is 0 Å². The predicted molar refractivity (Wildman–Crippen MR) is 178 cm³/mol. The van der Waals surface area contributed by atoms with E-state index in [2.05, 4.69) is 154 Å². The van der Waals surface area contributed by atoms with Crippen molar-refractivity contribution in [3.8, 4) is 11.1 Å². The summed E-state index contributed by atoms with van der Waals surface area (Å²) in [5, 5.41) is 5.64. The highest BCUT2D eigenvalue weighted by Gasteiger charge is 2.22. The Labute approximate surface area is 242 Å². The predicted octanol–water partition coefficient (Wildman–Crippen LogP) is 11.8. The second kappa shape index (κ2) is 11.6. The highest BCUT2D eigenvalue weighted by atomic mass is 32.2. The van der Waals surface area contributed by atoms with Gasteiger partial charge in [-0.05, 0) is 88.2 Å². The van der Waals surface area contributed by atoms with Gasteiger partial charge in [-0.2, -0.15) is 0 Å². The van der Waals surface area contributed by atoms with Crippen LogP contribution in [0.3, 0.4) is 0 Å². The van der Waals surface area contributed by atoms with Crippen LogP contribution in [0.1, 0.15) is 49.1 Å². The summed E-state index contributed by atoms with van der Waals surface area (Å²) in [6.45, 7) is 6.41. The number of rotatable bonds is 6. The summed E-state index contributed by atoms with van der Waals surface area (Å²) < 4.78 is 0. The van der Waals surface area contributed by atoms with Gasteiger partial charge in [-0.3, -0.25) is 0 Å². The maximum absolute atomic E-state index is 2.41. The molecule has 196 valence electrons. The van der Waals surface area contributed by atoms with Gasteiger partial charge in [0.1, 0.15) is 0 Å². The van der Waals surface area contributed by atoms with E-state index in [0.29, 0.717) is 5.25 Å². The Balaban J connectivity index is 1.49. The van der Waals surface area contributed by atoms with Gasteiger partial charge in [-0.1, -0.05) is 133 Å². The molecule has 1 heterocycles. The summed E-state index contributed by atoms with van der Waals surface area (Å²) in [6, 6.07) is 37.8. The van der Waals surface area contributed by atoms with Gasteiger partial charge < -0.3 is 0 Å². The molecule has 0 aromatic heterocycles. The minimum absolute atomic E-state index is 0.486. The number of allylic oxidation sites excluding steroid dienone is 7. The van der Waals surface area contributed by atoms with Gasteiger partial charge in [0.2, 0.25) is 0 Å². The van der Waals surface area contributed by atoms with Crippen LogP contribution in [-0.4, -0.2) is 0 Å². The SMILES string of the molecule is C/C=C(\C=C/C=C(C)C)c1c2ccccc2c(-c2cccc(C3=CCC(c4ccccc4)S3)c2)c2ccccc12. The fraction of sp³-hybridized carbons (Fsp3) is 0.128. The molecule has 0 saturated carbocycles. The highest BCUT2D eigenvalue weighted by molar-refractivity contribution is 8.08. The van der Waals surface area contributed by atoms with E-state index in [1.54, 1.807) is 0 Å². The van der Waals surface area contributed by atoms with E-state index in [1.807, 2.05) is 11.8 Å². The smallest absolute Gasteiger partial charge is 0.0379 e. The van der Waals surface area contributed by atoms with Crippen LogP contribution in [0.15, 0.2) is 139 Å². The first-order valence-electron chi connectivity index (χ1n) is 14.1. The van der Waals surface area contributed by atoms with Crippen molar-refractivity contribution < 1.29 is 0 Å². The summed E-state index contributed by atoms with van der Waals surface area (Å²) in [4.78, 5) is 1.38. The van der Waals surface area contributed by atoms with Gasteiger partial charge in [0.15, 0.2) is 0 Å². The molecule has 0 bridgehead atoms. The van der Waals surface area contributed by atoms with Gasteiger partial charge in [-0.15, -0.1) is 11.8 Å². The second-order valence-electron chi connectivity index (χ2n) is 10.6. The first kappa shape index (κ1) is 26.2. The first-order valence-corrected chi connectivity index (χ1v) is 15.0. The lowest BCUT2D eigenvalue weighted by atomic mass is 9.85. The number of fused-ring (bicyclic) bond motifs is 2. The van der Waals surface area contributed by atoms with Crippen LogP contribution in [0.2, 0.25) is 0 Å². The van der Waals surface area contributed by atoms with E-state index in [9.17, 15) is 0 Å². The Hall–Kier alpha value is -4.07. The summed E-state index contributed by atoms with van der Waals surface area (Å²) in [5.41, 5.74) is 9.11. The summed E-state index contributed by atoms with van der Waals surface area (Å²) in [7, 11) is 0. The van der Waals surface area contributed by atoms with Crippen LogP contribution in [0.25, 0.3) is 43.2 Å². The van der Waals surface area contributed by atoms with Crippen molar-refractivity contribution in [1.29, 1.82) is 0 Å². The van der Waals surface area contributed by atoms with Crippen LogP contribution in [-0.2, 0) is 0 Å². The molecule has 40 heavy (non-hydrogen) atoms. The summed E-state index contributed by atoms with van der Waals surface area (Å²) >= 11 is 1.99. The average Bonchev–Trinajstić information content (AvgIpc) is 3.49. The van der Waals surface area contributed by atoms with Crippen LogP contribution in [0.4, 0.5) is 0 Å². The zero-order chi connectivity index (χ0) is 27.5. The van der Waals surface area contributed by atoms with Crippen molar-refractivity contribution >= 4 is 43.8 Å². The van der Waals surface area contributed by atoms with Gasteiger partial charge in [0.25, 0.3) is 0 Å². The lowest BCUT2D eigenvalue weighted by Gasteiger charge is -2.18. The molecular weight excluding hydrogens is 500 g/mol. The minimum Gasteiger partial charge on any atom is -0.117 e. The molecule has 0 saturated heterocycles. The Morgan fingerprint density at radius 1 is 0.725 bits per heavy atom. The van der Waals surface area contributed by atoms with Crippen LogP contribution >= 0.6 is 11.8 Å². The normalized spacial score (nSPS) is 15.6. The van der Waals surface area contributed by atoms with Crippen molar-refractivity contribution in [2.75, 3.05) is 0 Å². The molecule has 6 rings (SSSR count). The van der Waals surface area contributed by atoms with E-state index in [4.69, 9.17) is 0 Å². The first-order chi connectivity index (χ1) is 19.6. The lowest BCUT2D eigenvalue weighted by molar-refractivity contribution is 0.991. The standard InChI is InChI=1S/C39H34S/c1-4-28(17-12-14-27(2)3)38-32-20-8-10-22-34(32)39(35-23-11-9-21-33(35)38)31-19-13-18-30(26-31)37-25-24-36(40-37)29-15-6-5-7-16-29/h4-23,25-26,36H,24H2,1-3H3/b17-12-,28-4+. The molecule has 0 spiro atoms. The fourth-order valence-electron chi connectivity index (χ4n) is 5.77. The van der Waals surface area contributed by atoms with E-state index in [0.717, 1.165) is 6.42 Å². The highest BCUT2D eigenvalue weighted by Crippen LogP contribution is 2.49.